The summed E-state index contributed by atoms with van der Waals surface area (Å²) < 4.78 is 7.10. The summed E-state index contributed by atoms with van der Waals surface area (Å²) in [6, 6.07) is 11.7. The number of benzene rings is 2. The second-order valence-electron chi connectivity index (χ2n) is 6.95. The first-order valence-electron chi connectivity index (χ1n) is 8.95. The largest absolute Gasteiger partial charge is 0.423 e. The number of nitrogens with zero attached hydrogens (tertiary/aromatic N) is 4. The van der Waals surface area contributed by atoms with Crippen LogP contribution >= 0.6 is 11.8 Å². The molecule has 0 N–H and O–H groups in total. The second kappa shape index (κ2) is 7.24. The molecule has 0 aliphatic carbocycles. The summed E-state index contributed by atoms with van der Waals surface area (Å²) in [5.74, 6) is 0.565. The molecule has 4 aromatic rings. The molecule has 0 unspecified atom stereocenters. The highest BCUT2D eigenvalue weighted by atomic mass is 32.2. The number of thioether (sulfide) groups is 1. The van der Waals surface area contributed by atoms with Crippen LogP contribution in [0.2, 0.25) is 0 Å². The minimum Gasteiger partial charge on any atom is -0.423 e. The smallest absolute Gasteiger partial charge is 0.336 e. The fraction of sp³-hybridized carbons (Fsp3) is 0.238. The maximum absolute atomic E-state index is 12.0. The van der Waals surface area contributed by atoms with Gasteiger partial charge in [0, 0.05) is 17.2 Å². The van der Waals surface area contributed by atoms with E-state index >= 15 is 0 Å². The fourth-order valence-corrected chi connectivity index (χ4v) is 3.91. The molecule has 2 aromatic heterocycles. The molecule has 2 aromatic carbocycles. The molecule has 0 fully saturated rings. The Kier molecular flexibility index (Phi) is 4.77. The Labute approximate surface area is 166 Å². The average Bonchev–Trinajstić information content (AvgIpc) is 3.12. The van der Waals surface area contributed by atoms with Crippen LogP contribution in [0, 0.1) is 27.7 Å². The third kappa shape index (κ3) is 3.45. The predicted molar refractivity (Wildman–Crippen MR) is 110 cm³/mol. The van der Waals surface area contributed by atoms with Crippen molar-refractivity contribution < 1.29 is 4.42 Å². The molecule has 0 atom stereocenters. The van der Waals surface area contributed by atoms with Gasteiger partial charge in [-0.3, -0.25) is 0 Å². The van der Waals surface area contributed by atoms with Gasteiger partial charge < -0.3 is 4.42 Å². The second-order valence-corrected chi connectivity index (χ2v) is 7.90. The van der Waals surface area contributed by atoms with E-state index < -0.39 is 0 Å². The quantitative estimate of drug-likeness (QED) is 0.381. The summed E-state index contributed by atoms with van der Waals surface area (Å²) in [5.41, 5.74) is 6.75. The van der Waals surface area contributed by atoms with E-state index in [1.54, 1.807) is 10.7 Å². The minimum absolute atomic E-state index is 0.347. The molecule has 0 amide bonds. The van der Waals surface area contributed by atoms with Crippen LogP contribution in [0.1, 0.15) is 27.8 Å². The number of aryl methyl sites for hydroxylation is 4. The minimum atomic E-state index is -0.347. The highest BCUT2D eigenvalue weighted by Crippen LogP contribution is 2.28. The van der Waals surface area contributed by atoms with Crippen molar-refractivity contribution in [2.75, 3.05) is 0 Å². The lowest BCUT2D eigenvalue weighted by molar-refractivity contribution is 0.559. The zero-order valence-corrected chi connectivity index (χ0v) is 17.0. The number of tetrazole rings is 1. The third-order valence-electron chi connectivity index (χ3n) is 4.98. The molecule has 7 heteroatoms. The fourth-order valence-electron chi connectivity index (χ4n) is 3.03. The van der Waals surface area contributed by atoms with E-state index in [0.717, 1.165) is 27.8 Å². The molecule has 0 aliphatic heterocycles. The van der Waals surface area contributed by atoms with Crippen molar-refractivity contribution in [2.24, 2.45) is 0 Å². The van der Waals surface area contributed by atoms with Gasteiger partial charge in [-0.1, -0.05) is 17.8 Å². The molecular weight excluding hydrogens is 372 g/mol. The SMILES string of the molecule is Cc1ccc(-n2nnnc2SCc2cc(=O)oc3cc(C)c(C)cc23)cc1C. The van der Waals surface area contributed by atoms with Crippen LogP contribution in [0.4, 0.5) is 0 Å². The van der Waals surface area contributed by atoms with Crippen LogP contribution in [0.5, 0.6) is 0 Å². The monoisotopic (exact) mass is 392 g/mol. The van der Waals surface area contributed by atoms with E-state index in [4.69, 9.17) is 4.42 Å². The Bertz CT molecular complexity index is 1240. The van der Waals surface area contributed by atoms with Crippen molar-refractivity contribution in [3.05, 3.63) is 74.6 Å². The van der Waals surface area contributed by atoms with E-state index in [0.29, 0.717) is 16.5 Å². The Balaban J connectivity index is 1.68. The number of rotatable bonds is 4. The predicted octanol–water partition coefficient (Wildman–Crippen LogP) is 4.29. The van der Waals surface area contributed by atoms with E-state index in [9.17, 15) is 4.79 Å². The lowest BCUT2D eigenvalue weighted by Gasteiger charge is -2.09. The van der Waals surface area contributed by atoms with Crippen molar-refractivity contribution in [3.8, 4) is 5.69 Å². The summed E-state index contributed by atoms with van der Waals surface area (Å²) in [6.45, 7) is 8.20. The van der Waals surface area contributed by atoms with Crippen LogP contribution in [-0.2, 0) is 5.75 Å². The Morgan fingerprint density at radius 3 is 2.50 bits per heavy atom. The van der Waals surface area contributed by atoms with Gasteiger partial charge in [0.1, 0.15) is 5.58 Å². The summed E-state index contributed by atoms with van der Waals surface area (Å²) in [4.78, 5) is 12.0. The van der Waals surface area contributed by atoms with Gasteiger partial charge in [-0.15, -0.1) is 5.10 Å². The molecular formula is C21H20N4O2S. The maximum Gasteiger partial charge on any atom is 0.336 e. The van der Waals surface area contributed by atoms with Crippen LogP contribution in [0.25, 0.3) is 16.7 Å². The summed E-state index contributed by atoms with van der Waals surface area (Å²) in [5, 5.41) is 13.7. The van der Waals surface area contributed by atoms with Gasteiger partial charge in [0.25, 0.3) is 0 Å². The normalized spacial score (nSPS) is 11.3. The Morgan fingerprint density at radius 1 is 0.964 bits per heavy atom. The summed E-state index contributed by atoms with van der Waals surface area (Å²) >= 11 is 1.49. The van der Waals surface area contributed by atoms with Crippen molar-refractivity contribution in [2.45, 2.75) is 38.6 Å². The van der Waals surface area contributed by atoms with E-state index in [-0.39, 0.29) is 5.63 Å². The number of fused-ring (bicyclic) bond motifs is 1. The van der Waals surface area contributed by atoms with Gasteiger partial charge >= 0.3 is 5.63 Å². The summed E-state index contributed by atoms with van der Waals surface area (Å²) in [7, 11) is 0. The number of hydrogen-bond acceptors (Lipinski definition) is 6. The molecule has 0 radical (unpaired) electrons. The lowest BCUT2D eigenvalue weighted by atomic mass is 10.0. The van der Waals surface area contributed by atoms with Gasteiger partial charge in [0.2, 0.25) is 5.16 Å². The molecule has 4 rings (SSSR count). The number of aromatic nitrogens is 4. The van der Waals surface area contributed by atoms with E-state index in [1.165, 1.54) is 22.9 Å². The molecule has 142 valence electrons. The zero-order valence-electron chi connectivity index (χ0n) is 16.2. The number of hydrogen-bond donors (Lipinski definition) is 0. The molecule has 0 bridgehead atoms. The summed E-state index contributed by atoms with van der Waals surface area (Å²) in [6.07, 6.45) is 0. The van der Waals surface area contributed by atoms with Crippen LogP contribution in [-0.4, -0.2) is 20.2 Å². The molecule has 0 aliphatic rings. The van der Waals surface area contributed by atoms with E-state index in [2.05, 4.69) is 54.5 Å². The first-order chi connectivity index (χ1) is 13.4. The van der Waals surface area contributed by atoms with Crippen molar-refractivity contribution in [3.63, 3.8) is 0 Å². The van der Waals surface area contributed by atoms with Crippen LogP contribution in [0.15, 0.2) is 50.8 Å². The molecule has 0 saturated heterocycles. The molecule has 2 heterocycles. The highest BCUT2D eigenvalue weighted by Gasteiger charge is 2.13. The molecule has 0 saturated carbocycles. The third-order valence-corrected chi connectivity index (χ3v) is 5.95. The van der Waals surface area contributed by atoms with Gasteiger partial charge in [0.05, 0.1) is 5.69 Å². The average molecular weight is 392 g/mol. The van der Waals surface area contributed by atoms with Crippen molar-refractivity contribution in [1.82, 2.24) is 20.2 Å². The van der Waals surface area contributed by atoms with Crippen molar-refractivity contribution in [1.29, 1.82) is 0 Å². The maximum atomic E-state index is 12.0. The van der Waals surface area contributed by atoms with Gasteiger partial charge in [-0.05, 0) is 90.2 Å². The first-order valence-corrected chi connectivity index (χ1v) is 9.94. The standard InChI is InChI=1S/C21H20N4O2S/c1-12-5-6-17(7-13(12)2)25-21(22-23-24-25)28-11-16-10-20(26)27-19-9-15(4)14(3)8-18(16)19/h5-10H,11H2,1-4H3. The molecule has 0 spiro atoms. The first kappa shape index (κ1) is 18.4. The van der Waals surface area contributed by atoms with Crippen molar-refractivity contribution >= 4 is 22.7 Å². The zero-order chi connectivity index (χ0) is 19.8. The molecule has 6 nitrogen and oxygen atoms in total. The van der Waals surface area contributed by atoms with Gasteiger partial charge in [0.15, 0.2) is 0 Å². The Morgan fingerprint density at radius 2 is 1.71 bits per heavy atom. The highest BCUT2D eigenvalue weighted by molar-refractivity contribution is 7.98. The Hall–Kier alpha value is -2.93. The molecule has 28 heavy (non-hydrogen) atoms. The van der Waals surface area contributed by atoms with Gasteiger partial charge in [-0.2, -0.15) is 4.68 Å². The van der Waals surface area contributed by atoms with Crippen LogP contribution < -0.4 is 5.63 Å². The van der Waals surface area contributed by atoms with Crippen LogP contribution in [0.3, 0.4) is 0 Å². The topological polar surface area (TPSA) is 73.8 Å². The lowest BCUT2D eigenvalue weighted by Crippen LogP contribution is -2.02. The van der Waals surface area contributed by atoms with Gasteiger partial charge in [-0.25, -0.2) is 4.79 Å². The van der Waals surface area contributed by atoms with E-state index in [1.807, 2.05) is 19.1 Å².